The van der Waals surface area contributed by atoms with Crippen LogP contribution in [-0.4, -0.2) is 34.3 Å². The summed E-state index contributed by atoms with van der Waals surface area (Å²) < 4.78 is 0. The van der Waals surface area contributed by atoms with Gasteiger partial charge in [0.25, 0.3) is 0 Å². The maximum Gasteiger partial charge on any atom is 0.154 e. The lowest BCUT2D eigenvalue weighted by Crippen LogP contribution is -2.27. The van der Waals surface area contributed by atoms with Crippen molar-refractivity contribution in [3.05, 3.63) is 52.9 Å². The van der Waals surface area contributed by atoms with Crippen LogP contribution in [0.1, 0.15) is 37.6 Å². The Morgan fingerprint density at radius 3 is 2.62 bits per heavy atom. The van der Waals surface area contributed by atoms with Crippen molar-refractivity contribution in [2.24, 2.45) is 0 Å². The van der Waals surface area contributed by atoms with Crippen LogP contribution in [0.4, 0.5) is 5.82 Å². The van der Waals surface area contributed by atoms with Crippen molar-refractivity contribution in [2.75, 3.05) is 18.5 Å². The van der Waals surface area contributed by atoms with Crippen molar-refractivity contribution in [2.45, 2.75) is 38.8 Å². The van der Waals surface area contributed by atoms with E-state index in [4.69, 9.17) is 16.7 Å². The third-order valence-electron chi connectivity index (χ3n) is 3.88. The number of aliphatic hydroxyl groups excluding tert-OH is 1. The molecule has 6 heteroatoms. The number of aliphatic hydroxyl groups is 1. The molecule has 0 saturated carbocycles. The number of hydrogen-bond donors (Lipinski definition) is 3. The van der Waals surface area contributed by atoms with Gasteiger partial charge in [-0.1, -0.05) is 48.9 Å². The molecule has 0 spiro atoms. The van der Waals surface area contributed by atoms with Crippen LogP contribution in [0.25, 0.3) is 0 Å². The molecule has 1 heterocycles. The summed E-state index contributed by atoms with van der Waals surface area (Å²) in [6.07, 6.45) is 3.44. The van der Waals surface area contributed by atoms with E-state index >= 15 is 0 Å². The first kappa shape index (κ1) is 18.6. The van der Waals surface area contributed by atoms with Crippen molar-refractivity contribution in [1.82, 2.24) is 15.3 Å². The Morgan fingerprint density at radius 2 is 2.00 bits per heavy atom. The van der Waals surface area contributed by atoms with Gasteiger partial charge >= 0.3 is 0 Å². The number of hydrogen-bond acceptors (Lipinski definition) is 5. The van der Waals surface area contributed by atoms with Gasteiger partial charge in [-0.2, -0.15) is 0 Å². The van der Waals surface area contributed by atoms with Gasteiger partial charge < -0.3 is 15.7 Å². The molecule has 1 aromatic carbocycles. The molecule has 2 rings (SSSR count). The molecule has 0 aliphatic rings. The molecule has 0 bridgehead atoms. The monoisotopic (exact) mass is 348 g/mol. The Hall–Kier alpha value is -1.69. The molecule has 0 aliphatic carbocycles. The lowest BCUT2D eigenvalue weighted by atomic mass is 10.0. The van der Waals surface area contributed by atoms with E-state index in [0.717, 1.165) is 12.8 Å². The van der Waals surface area contributed by atoms with E-state index in [1.165, 1.54) is 5.56 Å². The van der Waals surface area contributed by atoms with Gasteiger partial charge in [0.15, 0.2) is 5.15 Å². The fraction of sp³-hybridized carbons (Fsp3) is 0.444. The van der Waals surface area contributed by atoms with Gasteiger partial charge in [-0.25, -0.2) is 4.98 Å². The zero-order valence-corrected chi connectivity index (χ0v) is 14.9. The maximum atomic E-state index is 9.13. The van der Waals surface area contributed by atoms with E-state index in [2.05, 4.69) is 46.6 Å². The molecule has 130 valence electrons. The fourth-order valence-corrected chi connectivity index (χ4v) is 2.66. The topological polar surface area (TPSA) is 70.1 Å². The second-order valence-corrected chi connectivity index (χ2v) is 6.16. The summed E-state index contributed by atoms with van der Waals surface area (Å²) in [5, 5.41) is 16.1. The lowest BCUT2D eigenvalue weighted by molar-refractivity contribution is 0.283. The van der Waals surface area contributed by atoms with Crippen molar-refractivity contribution in [1.29, 1.82) is 0 Å². The minimum Gasteiger partial charge on any atom is -0.395 e. The SMILES string of the molecule is CCC(C)Nc1cnc(C(Cc2ccccc2)NCCO)c(Cl)n1. The number of nitrogens with one attached hydrogen (secondary N) is 2. The molecule has 3 N–H and O–H groups in total. The minimum atomic E-state index is -0.0998. The average molecular weight is 349 g/mol. The Balaban J connectivity index is 2.18. The highest BCUT2D eigenvalue weighted by Gasteiger charge is 2.18. The molecule has 0 radical (unpaired) electrons. The Labute approximate surface area is 148 Å². The van der Waals surface area contributed by atoms with Crippen molar-refractivity contribution < 1.29 is 5.11 Å². The summed E-state index contributed by atoms with van der Waals surface area (Å²) in [6, 6.07) is 10.3. The fourth-order valence-electron chi connectivity index (χ4n) is 2.39. The van der Waals surface area contributed by atoms with Crippen molar-refractivity contribution in [3.8, 4) is 0 Å². The molecule has 2 unspecified atom stereocenters. The normalized spacial score (nSPS) is 13.5. The quantitative estimate of drug-likeness (QED) is 0.649. The highest BCUT2D eigenvalue weighted by atomic mass is 35.5. The van der Waals surface area contributed by atoms with Gasteiger partial charge in [0.1, 0.15) is 5.82 Å². The lowest BCUT2D eigenvalue weighted by Gasteiger charge is -2.20. The van der Waals surface area contributed by atoms with Crippen LogP contribution in [0.3, 0.4) is 0 Å². The van der Waals surface area contributed by atoms with Crippen molar-refractivity contribution in [3.63, 3.8) is 0 Å². The molecule has 0 aliphatic heterocycles. The van der Waals surface area contributed by atoms with Gasteiger partial charge in [-0.15, -0.1) is 0 Å². The molecule has 24 heavy (non-hydrogen) atoms. The maximum absolute atomic E-state index is 9.13. The van der Waals surface area contributed by atoms with Gasteiger partial charge in [-0.05, 0) is 25.3 Å². The molecule has 2 atom stereocenters. The molecule has 5 nitrogen and oxygen atoms in total. The highest BCUT2D eigenvalue weighted by Crippen LogP contribution is 2.24. The number of nitrogens with zero attached hydrogens (tertiary/aromatic N) is 2. The standard InChI is InChI=1S/C18H25ClN4O/c1-3-13(2)22-16-12-21-17(18(19)23-16)15(20-9-10-24)11-14-7-5-4-6-8-14/h4-8,12-13,15,20,24H,3,9-11H2,1-2H3,(H,22,23). The number of aromatic nitrogens is 2. The van der Waals surface area contributed by atoms with Gasteiger partial charge in [0, 0.05) is 12.6 Å². The van der Waals surface area contributed by atoms with Crippen LogP contribution in [0, 0.1) is 0 Å². The second-order valence-electron chi connectivity index (χ2n) is 5.80. The third kappa shape index (κ3) is 5.44. The van der Waals surface area contributed by atoms with Crippen LogP contribution in [-0.2, 0) is 6.42 Å². The first-order valence-corrected chi connectivity index (χ1v) is 8.69. The first-order valence-electron chi connectivity index (χ1n) is 8.31. The summed E-state index contributed by atoms with van der Waals surface area (Å²) in [6.45, 7) is 4.73. The minimum absolute atomic E-state index is 0.0595. The van der Waals surface area contributed by atoms with Crippen LogP contribution in [0.15, 0.2) is 36.5 Å². The molecular formula is C18H25ClN4O. The number of rotatable bonds is 9. The molecular weight excluding hydrogens is 324 g/mol. The summed E-state index contributed by atoms with van der Waals surface area (Å²) in [5.74, 6) is 0.679. The van der Waals surface area contributed by atoms with E-state index in [1.807, 2.05) is 18.2 Å². The highest BCUT2D eigenvalue weighted by molar-refractivity contribution is 6.30. The van der Waals surface area contributed by atoms with Crippen LogP contribution < -0.4 is 10.6 Å². The van der Waals surface area contributed by atoms with E-state index in [-0.39, 0.29) is 12.6 Å². The predicted octanol–water partition coefficient (Wildman–Crippen LogP) is 3.21. The van der Waals surface area contributed by atoms with Crippen LogP contribution >= 0.6 is 11.6 Å². The largest absolute Gasteiger partial charge is 0.395 e. The second kappa shape index (κ2) is 9.57. The van der Waals surface area contributed by atoms with Gasteiger partial charge in [-0.3, -0.25) is 4.98 Å². The zero-order valence-electron chi connectivity index (χ0n) is 14.2. The van der Waals surface area contributed by atoms with E-state index in [0.29, 0.717) is 29.3 Å². The Bertz CT molecular complexity index is 624. The van der Waals surface area contributed by atoms with E-state index in [1.54, 1.807) is 6.20 Å². The Kier molecular flexibility index (Phi) is 7.43. The molecule has 1 aromatic heterocycles. The summed E-state index contributed by atoms with van der Waals surface area (Å²) >= 11 is 6.38. The van der Waals surface area contributed by atoms with E-state index < -0.39 is 0 Å². The third-order valence-corrected chi connectivity index (χ3v) is 4.16. The van der Waals surface area contributed by atoms with Crippen LogP contribution in [0.2, 0.25) is 5.15 Å². The van der Waals surface area contributed by atoms with Crippen molar-refractivity contribution >= 4 is 17.4 Å². The van der Waals surface area contributed by atoms with Crippen LogP contribution in [0.5, 0.6) is 0 Å². The number of halogens is 1. The summed E-state index contributed by atoms with van der Waals surface area (Å²) in [5.41, 5.74) is 1.87. The predicted molar refractivity (Wildman–Crippen MR) is 98.4 cm³/mol. The first-order chi connectivity index (χ1) is 11.6. The summed E-state index contributed by atoms with van der Waals surface area (Å²) in [7, 11) is 0. The Morgan fingerprint density at radius 1 is 1.25 bits per heavy atom. The average Bonchev–Trinajstić information content (AvgIpc) is 2.60. The van der Waals surface area contributed by atoms with Gasteiger partial charge in [0.2, 0.25) is 0 Å². The molecule has 0 amide bonds. The molecule has 2 aromatic rings. The zero-order chi connectivity index (χ0) is 17.4. The van der Waals surface area contributed by atoms with Gasteiger partial charge in [0.05, 0.1) is 24.5 Å². The molecule has 0 fully saturated rings. The molecule has 0 saturated heterocycles. The smallest absolute Gasteiger partial charge is 0.154 e. The number of anilines is 1. The number of benzene rings is 1. The van der Waals surface area contributed by atoms with E-state index in [9.17, 15) is 0 Å². The summed E-state index contributed by atoms with van der Waals surface area (Å²) in [4.78, 5) is 8.93.